The van der Waals surface area contributed by atoms with Gasteiger partial charge in [-0.25, -0.2) is 0 Å². The summed E-state index contributed by atoms with van der Waals surface area (Å²) in [7, 11) is 1.74. The summed E-state index contributed by atoms with van der Waals surface area (Å²) < 4.78 is 5.40. The molecular weight excluding hydrogens is 214 g/mol. The average Bonchev–Trinajstić information content (AvgIpc) is 2.12. The van der Waals surface area contributed by atoms with E-state index in [1.807, 2.05) is 6.92 Å². The zero-order valence-electron chi connectivity index (χ0n) is 12.6. The lowest BCUT2D eigenvalue weighted by atomic mass is 9.93. The van der Waals surface area contributed by atoms with E-state index >= 15 is 0 Å². The molecule has 0 bridgehead atoms. The van der Waals surface area contributed by atoms with Crippen LogP contribution in [-0.2, 0) is 4.74 Å². The lowest BCUT2D eigenvalue weighted by Crippen LogP contribution is -2.44. The fourth-order valence-corrected chi connectivity index (χ4v) is 2.24. The van der Waals surface area contributed by atoms with E-state index in [0.29, 0.717) is 18.5 Å². The molecule has 0 saturated heterocycles. The van der Waals surface area contributed by atoms with Crippen molar-refractivity contribution in [3.8, 4) is 0 Å². The van der Waals surface area contributed by atoms with E-state index in [9.17, 15) is 5.11 Å². The van der Waals surface area contributed by atoms with Crippen molar-refractivity contribution in [2.75, 3.05) is 13.7 Å². The fourth-order valence-electron chi connectivity index (χ4n) is 2.24. The Kier molecular flexibility index (Phi) is 6.67. The first-order valence-corrected chi connectivity index (χ1v) is 6.59. The van der Waals surface area contributed by atoms with Gasteiger partial charge in [-0.1, -0.05) is 13.8 Å². The molecule has 0 fully saturated rings. The van der Waals surface area contributed by atoms with E-state index in [1.165, 1.54) is 0 Å². The smallest absolute Gasteiger partial charge is 0.0746 e. The Hall–Kier alpha value is -0.120. The Balaban J connectivity index is 4.02. The topological polar surface area (TPSA) is 41.5 Å². The number of rotatable bonds is 8. The van der Waals surface area contributed by atoms with Crippen molar-refractivity contribution in [3.05, 3.63) is 0 Å². The summed E-state index contributed by atoms with van der Waals surface area (Å²) >= 11 is 0. The van der Waals surface area contributed by atoms with Gasteiger partial charge in [-0.15, -0.1) is 0 Å². The van der Waals surface area contributed by atoms with Gasteiger partial charge in [0.2, 0.25) is 0 Å². The number of methoxy groups -OCH3 is 1. The minimum atomic E-state index is -0.625. The van der Waals surface area contributed by atoms with Crippen molar-refractivity contribution in [2.24, 2.45) is 5.92 Å². The molecule has 0 aliphatic rings. The summed E-state index contributed by atoms with van der Waals surface area (Å²) in [5.74, 6) is 0.512. The quantitative estimate of drug-likeness (QED) is 0.690. The molecule has 0 spiro atoms. The molecule has 104 valence electrons. The number of ether oxygens (including phenoxy) is 1. The Morgan fingerprint density at radius 3 is 2.06 bits per heavy atom. The Morgan fingerprint density at radius 1 is 1.12 bits per heavy atom. The maximum absolute atomic E-state index is 10.2. The zero-order chi connectivity index (χ0) is 13.7. The largest absolute Gasteiger partial charge is 0.389 e. The lowest BCUT2D eigenvalue weighted by Gasteiger charge is -2.31. The highest BCUT2D eigenvalue weighted by molar-refractivity contribution is 4.81. The van der Waals surface area contributed by atoms with E-state index in [0.717, 1.165) is 12.8 Å². The molecule has 0 aromatic heterocycles. The highest BCUT2D eigenvalue weighted by Gasteiger charge is 2.24. The molecule has 2 N–H and O–H groups in total. The van der Waals surface area contributed by atoms with Crippen LogP contribution in [0.2, 0.25) is 0 Å². The van der Waals surface area contributed by atoms with Gasteiger partial charge in [0.15, 0.2) is 0 Å². The average molecular weight is 245 g/mol. The zero-order valence-corrected chi connectivity index (χ0v) is 12.6. The summed E-state index contributed by atoms with van der Waals surface area (Å²) in [6.07, 6.45) is 1.75. The molecule has 3 heteroatoms. The molecule has 0 radical (unpaired) electrons. The fraction of sp³-hybridized carbons (Fsp3) is 1.00. The molecule has 2 unspecified atom stereocenters. The number of aliphatic hydroxyl groups is 1. The van der Waals surface area contributed by atoms with Crippen LogP contribution in [0.25, 0.3) is 0 Å². The highest BCUT2D eigenvalue weighted by Crippen LogP contribution is 2.18. The van der Waals surface area contributed by atoms with Crippen molar-refractivity contribution in [1.82, 2.24) is 5.32 Å². The number of hydrogen-bond acceptors (Lipinski definition) is 3. The van der Waals surface area contributed by atoms with E-state index in [1.54, 1.807) is 7.11 Å². The second-order valence-corrected chi connectivity index (χ2v) is 6.54. The third-order valence-corrected chi connectivity index (χ3v) is 3.03. The SMILES string of the molecule is COC(C)(C)CC(C)NCC(C)(O)CC(C)C. The van der Waals surface area contributed by atoms with Gasteiger partial charge in [0.05, 0.1) is 11.2 Å². The van der Waals surface area contributed by atoms with E-state index in [2.05, 4.69) is 39.9 Å². The summed E-state index contributed by atoms with van der Waals surface area (Å²) in [5.41, 5.74) is -0.740. The van der Waals surface area contributed by atoms with Crippen LogP contribution in [0.5, 0.6) is 0 Å². The molecule has 0 aliphatic carbocycles. The van der Waals surface area contributed by atoms with E-state index in [-0.39, 0.29) is 5.60 Å². The predicted octanol–water partition coefficient (Wildman–Crippen LogP) is 2.58. The molecule has 0 aromatic rings. The second kappa shape index (κ2) is 6.72. The minimum absolute atomic E-state index is 0.115. The van der Waals surface area contributed by atoms with Crippen LogP contribution < -0.4 is 5.32 Å². The van der Waals surface area contributed by atoms with Crippen molar-refractivity contribution in [2.45, 2.75) is 71.6 Å². The lowest BCUT2D eigenvalue weighted by molar-refractivity contribution is 0.00174. The van der Waals surface area contributed by atoms with Crippen molar-refractivity contribution in [1.29, 1.82) is 0 Å². The van der Waals surface area contributed by atoms with Gasteiger partial charge >= 0.3 is 0 Å². The van der Waals surface area contributed by atoms with Crippen molar-refractivity contribution in [3.63, 3.8) is 0 Å². The summed E-state index contributed by atoms with van der Waals surface area (Å²) in [5, 5.41) is 13.6. The third kappa shape index (κ3) is 8.58. The molecule has 0 aromatic carbocycles. The first-order valence-electron chi connectivity index (χ1n) is 6.59. The maximum atomic E-state index is 10.2. The minimum Gasteiger partial charge on any atom is -0.389 e. The molecule has 2 atom stereocenters. The van der Waals surface area contributed by atoms with E-state index < -0.39 is 5.60 Å². The molecule has 0 heterocycles. The number of hydrogen-bond donors (Lipinski definition) is 2. The summed E-state index contributed by atoms with van der Waals surface area (Å²) in [6.45, 7) is 13.1. The van der Waals surface area contributed by atoms with Crippen molar-refractivity contribution >= 4 is 0 Å². The second-order valence-electron chi connectivity index (χ2n) is 6.54. The predicted molar refractivity (Wildman–Crippen MR) is 73.2 cm³/mol. The van der Waals surface area contributed by atoms with Crippen LogP contribution in [-0.4, -0.2) is 36.0 Å². The Labute approximate surface area is 107 Å². The number of nitrogens with one attached hydrogen (secondary N) is 1. The summed E-state index contributed by atoms with van der Waals surface area (Å²) in [4.78, 5) is 0. The monoisotopic (exact) mass is 245 g/mol. The molecule has 0 saturated carbocycles. The molecule has 17 heavy (non-hydrogen) atoms. The molecule has 3 nitrogen and oxygen atoms in total. The van der Waals surface area contributed by atoms with Gasteiger partial charge in [0.1, 0.15) is 0 Å². The molecule has 0 amide bonds. The third-order valence-electron chi connectivity index (χ3n) is 3.03. The van der Waals surface area contributed by atoms with Gasteiger partial charge in [-0.2, -0.15) is 0 Å². The summed E-state index contributed by atoms with van der Waals surface area (Å²) in [6, 6.07) is 0.337. The van der Waals surface area contributed by atoms with Crippen LogP contribution in [0.4, 0.5) is 0 Å². The Morgan fingerprint density at radius 2 is 1.65 bits per heavy atom. The first kappa shape index (κ1) is 16.9. The van der Waals surface area contributed by atoms with Gasteiger partial charge in [0, 0.05) is 19.7 Å². The van der Waals surface area contributed by atoms with E-state index in [4.69, 9.17) is 4.74 Å². The van der Waals surface area contributed by atoms with Crippen LogP contribution in [0, 0.1) is 5.92 Å². The van der Waals surface area contributed by atoms with Crippen LogP contribution in [0.3, 0.4) is 0 Å². The standard InChI is InChI=1S/C14H31NO2/c1-11(2)8-14(6,16)10-15-12(3)9-13(4,5)17-7/h11-12,15-16H,8-10H2,1-7H3. The molecule has 0 aliphatic heterocycles. The van der Waals surface area contributed by atoms with Crippen LogP contribution in [0.15, 0.2) is 0 Å². The molecule has 0 rings (SSSR count). The van der Waals surface area contributed by atoms with Gasteiger partial charge in [0.25, 0.3) is 0 Å². The normalized spacial score (nSPS) is 18.2. The van der Waals surface area contributed by atoms with Crippen molar-refractivity contribution < 1.29 is 9.84 Å². The highest BCUT2D eigenvalue weighted by atomic mass is 16.5. The van der Waals surface area contributed by atoms with Crippen LogP contribution in [0.1, 0.15) is 54.4 Å². The first-order chi connectivity index (χ1) is 7.58. The molecular formula is C14H31NO2. The Bertz CT molecular complexity index is 212. The van der Waals surface area contributed by atoms with Gasteiger partial charge in [-0.05, 0) is 46.5 Å². The maximum Gasteiger partial charge on any atom is 0.0746 e. The van der Waals surface area contributed by atoms with Gasteiger partial charge < -0.3 is 15.2 Å². The van der Waals surface area contributed by atoms with Gasteiger partial charge in [-0.3, -0.25) is 0 Å². The van der Waals surface area contributed by atoms with Crippen LogP contribution >= 0.6 is 0 Å².